The minimum absolute atomic E-state index is 0.341. The summed E-state index contributed by atoms with van der Waals surface area (Å²) in [5.74, 6) is 1.14. The molecule has 0 spiro atoms. The Labute approximate surface area is 158 Å². The van der Waals surface area contributed by atoms with Crippen LogP contribution in [0.2, 0.25) is 0 Å². The van der Waals surface area contributed by atoms with Crippen LogP contribution in [0.4, 0.5) is 0 Å². The Hall–Kier alpha value is -2.61. The average Bonchev–Trinajstić information content (AvgIpc) is 3.05. The number of esters is 1. The number of pyridine rings is 1. The first-order valence-corrected chi connectivity index (χ1v) is 8.67. The van der Waals surface area contributed by atoms with Crippen LogP contribution in [0.5, 0.6) is 11.5 Å². The molecule has 8 heteroatoms. The highest BCUT2D eigenvalue weighted by atomic mass is 79.9. The summed E-state index contributed by atoms with van der Waals surface area (Å²) in [6, 6.07) is 5.12. The van der Waals surface area contributed by atoms with Gasteiger partial charge in [-0.05, 0) is 48.0 Å². The fourth-order valence-corrected chi connectivity index (χ4v) is 2.91. The zero-order chi connectivity index (χ0) is 18.8. The predicted octanol–water partition coefficient (Wildman–Crippen LogP) is 3.96. The van der Waals surface area contributed by atoms with E-state index < -0.39 is 12.1 Å². The van der Waals surface area contributed by atoms with Crippen LogP contribution >= 0.6 is 15.9 Å². The van der Waals surface area contributed by atoms with Crippen molar-refractivity contribution in [2.75, 3.05) is 14.2 Å². The number of hydrogen-bond acceptors (Lipinski definition) is 6. The number of methoxy groups -OCH3 is 2. The van der Waals surface area contributed by atoms with Gasteiger partial charge in [-0.25, -0.2) is 14.8 Å². The second-order valence-corrected chi connectivity index (χ2v) is 6.62. The van der Waals surface area contributed by atoms with Crippen molar-refractivity contribution in [1.82, 2.24) is 15.0 Å². The Morgan fingerprint density at radius 1 is 1.19 bits per heavy atom. The number of nitrogens with zero attached hydrogens (tertiary/aromatic N) is 2. The van der Waals surface area contributed by atoms with Crippen molar-refractivity contribution in [3.63, 3.8) is 0 Å². The maximum absolute atomic E-state index is 12.5. The lowest BCUT2D eigenvalue weighted by atomic mass is 10.1. The molecule has 0 aliphatic carbocycles. The van der Waals surface area contributed by atoms with Gasteiger partial charge in [0.25, 0.3) is 0 Å². The monoisotopic (exact) mass is 419 g/mol. The summed E-state index contributed by atoms with van der Waals surface area (Å²) in [7, 11) is 3.08. The quantitative estimate of drug-likeness (QED) is 0.629. The molecule has 2 heterocycles. The lowest BCUT2D eigenvalue weighted by Gasteiger charge is -2.14. The maximum Gasteiger partial charge on any atom is 0.339 e. The van der Waals surface area contributed by atoms with Gasteiger partial charge >= 0.3 is 5.97 Å². The Balaban J connectivity index is 1.84. The molecule has 3 aromatic rings. The van der Waals surface area contributed by atoms with E-state index in [-0.39, 0.29) is 0 Å². The molecule has 1 unspecified atom stereocenters. The van der Waals surface area contributed by atoms with E-state index in [1.807, 2.05) is 13.0 Å². The van der Waals surface area contributed by atoms with Gasteiger partial charge < -0.3 is 19.2 Å². The summed E-state index contributed by atoms with van der Waals surface area (Å²) in [4.78, 5) is 24.2. The number of aromatic nitrogens is 3. The molecule has 1 N–H and O–H groups in total. The van der Waals surface area contributed by atoms with Crippen LogP contribution in [0.1, 0.15) is 34.8 Å². The fourth-order valence-electron chi connectivity index (χ4n) is 2.57. The van der Waals surface area contributed by atoms with E-state index in [1.54, 1.807) is 39.5 Å². The van der Waals surface area contributed by atoms with Crippen LogP contribution in [0.25, 0.3) is 11.2 Å². The summed E-state index contributed by atoms with van der Waals surface area (Å²) in [5, 5.41) is 0. The van der Waals surface area contributed by atoms with Crippen LogP contribution in [-0.2, 0) is 4.74 Å². The molecule has 0 aliphatic heterocycles. The first-order chi connectivity index (χ1) is 12.4. The third-order valence-corrected chi connectivity index (χ3v) is 4.41. The van der Waals surface area contributed by atoms with E-state index >= 15 is 0 Å². The van der Waals surface area contributed by atoms with Gasteiger partial charge in [0.15, 0.2) is 11.8 Å². The molecular weight excluding hydrogens is 402 g/mol. The molecule has 2 aromatic heterocycles. The van der Waals surface area contributed by atoms with Crippen LogP contribution in [0.3, 0.4) is 0 Å². The summed E-state index contributed by atoms with van der Waals surface area (Å²) >= 11 is 3.36. The van der Waals surface area contributed by atoms with E-state index in [0.717, 1.165) is 15.6 Å². The number of halogens is 1. The Kier molecular flexibility index (Phi) is 5.13. The number of carbonyl (C=O) groups is 1. The molecule has 0 radical (unpaired) electrons. The molecule has 1 aromatic carbocycles. The average molecular weight is 420 g/mol. The van der Waals surface area contributed by atoms with Crippen molar-refractivity contribution < 1.29 is 19.0 Å². The molecule has 7 nitrogen and oxygen atoms in total. The van der Waals surface area contributed by atoms with Gasteiger partial charge in [0, 0.05) is 16.2 Å². The molecule has 26 heavy (non-hydrogen) atoms. The van der Waals surface area contributed by atoms with Crippen molar-refractivity contribution in [2.24, 2.45) is 0 Å². The van der Waals surface area contributed by atoms with E-state index in [2.05, 4.69) is 30.9 Å². The topological polar surface area (TPSA) is 86.3 Å². The number of imidazole rings is 1. The maximum atomic E-state index is 12.5. The number of carbonyl (C=O) groups excluding carboxylic acids is 1. The van der Waals surface area contributed by atoms with Crippen molar-refractivity contribution in [1.29, 1.82) is 0 Å². The predicted molar refractivity (Wildman–Crippen MR) is 99.7 cm³/mol. The Morgan fingerprint density at radius 3 is 2.46 bits per heavy atom. The molecule has 0 amide bonds. The van der Waals surface area contributed by atoms with Gasteiger partial charge in [-0.1, -0.05) is 0 Å². The number of rotatable bonds is 5. The zero-order valence-corrected chi connectivity index (χ0v) is 16.4. The largest absolute Gasteiger partial charge is 0.496 e. The fraction of sp³-hybridized carbons (Fsp3) is 0.278. The van der Waals surface area contributed by atoms with Gasteiger partial charge in [-0.15, -0.1) is 0 Å². The van der Waals surface area contributed by atoms with E-state index in [1.165, 1.54) is 0 Å². The van der Waals surface area contributed by atoms with Crippen molar-refractivity contribution in [2.45, 2.75) is 20.0 Å². The second-order valence-electron chi connectivity index (χ2n) is 5.70. The molecular formula is C18H18BrN3O4. The first-order valence-electron chi connectivity index (χ1n) is 7.87. The SMILES string of the molecule is COc1cc(C(=O)OC(C)c2nc3ncc(Br)cc3[nH]2)cc(OC)c1C. The van der Waals surface area contributed by atoms with Gasteiger partial charge in [-0.3, -0.25) is 0 Å². The highest BCUT2D eigenvalue weighted by molar-refractivity contribution is 9.10. The van der Waals surface area contributed by atoms with E-state index in [9.17, 15) is 4.79 Å². The van der Waals surface area contributed by atoms with E-state index in [4.69, 9.17) is 14.2 Å². The molecule has 0 bridgehead atoms. The molecule has 1 atom stereocenters. The number of ether oxygens (including phenoxy) is 3. The number of nitrogens with one attached hydrogen (secondary N) is 1. The summed E-state index contributed by atoms with van der Waals surface area (Å²) < 4.78 is 17.0. The normalized spacial score (nSPS) is 12.0. The first kappa shape index (κ1) is 18.2. The molecule has 0 saturated carbocycles. The van der Waals surface area contributed by atoms with Crippen molar-refractivity contribution in [3.8, 4) is 11.5 Å². The zero-order valence-electron chi connectivity index (χ0n) is 14.8. The van der Waals surface area contributed by atoms with Crippen LogP contribution in [0, 0.1) is 6.92 Å². The molecule has 136 valence electrons. The number of H-pyrrole nitrogens is 1. The summed E-state index contributed by atoms with van der Waals surface area (Å²) in [5.41, 5.74) is 2.47. The Morgan fingerprint density at radius 2 is 1.85 bits per heavy atom. The molecule has 0 aliphatic rings. The number of benzene rings is 1. The van der Waals surface area contributed by atoms with Crippen molar-refractivity contribution in [3.05, 3.63) is 45.8 Å². The standard InChI is InChI=1S/C18H18BrN3O4/c1-9-14(24-3)5-11(6-15(9)25-4)18(23)26-10(2)16-21-13-7-12(19)8-20-17(13)22-16/h5-8,10H,1-4H3,(H,20,21,22). The lowest BCUT2D eigenvalue weighted by Crippen LogP contribution is -2.11. The minimum Gasteiger partial charge on any atom is -0.496 e. The minimum atomic E-state index is -0.575. The summed E-state index contributed by atoms with van der Waals surface area (Å²) in [6.45, 7) is 3.60. The third kappa shape index (κ3) is 3.50. The number of aromatic amines is 1. The summed E-state index contributed by atoms with van der Waals surface area (Å²) in [6.07, 6.45) is 1.09. The smallest absolute Gasteiger partial charge is 0.339 e. The Bertz CT molecular complexity index is 945. The highest BCUT2D eigenvalue weighted by Gasteiger charge is 2.20. The molecule has 0 fully saturated rings. The molecule has 3 rings (SSSR count). The van der Waals surface area contributed by atoms with Gasteiger partial charge in [0.2, 0.25) is 0 Å². The second kappa shape index (κ2) is 7.33. The van der Waals surface area contributed by atoms with E-state index in [0.29, 0.717) is 28.5 Å². The van der Waals surface area contributed by atoms with Gasteiger partial charge in [-0.2, -0.15) is 0 Å². The lowest BCUT2D eigenvalue weighted by molar-refractivity contribution is 0.0321. The van der Waals surface area contributed by atoms with Crippen LogP contribution in [-0.4, -0.2) is 35.1 Å². The third-order valence-electron chi connectivity index (χ3n) is 3.98. The number of fused-ring (bicyclic) bond motifs is 1. The van der Waals surface area contributed by atoms with Gasteiger partial charge in [0.05, 0.1) is 25.3 Å². The van der Waals surface area contributed by atoms with Gasteiger partial charge in [0.1, 0.15) is 17.3 Å². The van der Waals surface area contributed by atoms with Crippen LogP contribution in [0.15, 0.2) is 28.9 Å². The highest BCUT2D eigenvalue weighted by Crippen LogP contribution is 2.30. The number of hydrogen-bond donors (Lipinski definition) is 1. The van der Waals surface area contributed by atoms with Crippen LogP contribution < -0.4 is 9.47 Å². The van der Waals surface area contributed by atoms with Crippen molar-refractivity contribution >= 4 is 33.1 Å². The molecule has 0 saturated heterocycles.